The fourth-order valence-corrected chi connectivity index (χ4v) is 5.66. The summed E-state index contributed by atoms with van der Waals surface area (Å²) in [6.45, 7) is 6.89. The summed E-state index contributed by atoms with van der Waals surface area (Å²) in [4.78, 5) is 8.73. The predicted octanol–water partition coefficient (Wildman–Crippen LogP) is 9.42. The van der Waals surface area contributed by atoms with Crippen molar-refractivity contribution in [3.8, 4) is 22.5 Å². The minimum absolute atomic E-state index is 0.0872. The van der Waals surface area contributed by atoms with Gasteiger partial charge in [-0.25, -0.2) is 4.98 Å². The molecule has 0 aliphatic heterocycles. The maximum Gasteiger partial charge on any atom is 0.242 e. The lowest BCUT2D eigenvalue weighted by Gasteiger charge is -2.13. The maximum atomic E-state index is 6.37. The van der Waals surface area contributed by atoms with Gasteiger partial charge in [0.15, 0.2) is 11.6 Å². The van der Waals surface area contributed by atoms with Gasteiger partial charge in [0.05, 0.1) is 20.1 Å². The van der Waals surface area contributed by atoms with Gasteiger partial charge in [0, 0.05) is 24.2 Å². The maximum absolute atomic E-state index is 6.37. The number of rotatable bonds is 8. The number of nitrogen functional groups attached to an aromatic ring is 1. The van der Waals surface area contributed by atoms with E-state index in [9.17, 15) is 0 Å². The Balaban J connectivity index is 0.000000188. The summed E-state index contributed by atoms with van der Waals surface area (Å²) < 4.78 is 0. The first-order valence-corrected chi connectivity index (χ1v) is 16.3. The molecule has 9 nitrogen and oxygen atoms in total. The highest BCUT2D eigenvalue weighted by Crippen LogP contribution is 2.37. The number of benzene rings is 4. The van der Waals surface area contributed by atoms with Gasteiger partial charge in [-0.1, -0.05) is 107 Å². The molecule has 0 saturated carbocycles. The molecule has 4 N–H and O–H groups in total. The van der Waals surface area contributed by atoms with Crippen LogP contribution in [0.3, 0.4) is 0 Å². The molecule has 0 unspecified atom stereocenters. The van der Waals surface area contributed by atoms with Gasteiger partial charge in [-0.05, 0) is 67.3 Å². The third-order valence-electron chi connectivity index (χ3n) is 6.96. The molecule has 0 saturated heterocycles. The lowest BCUT2D eigenvalue weighted by Crippen LogP contribution is -2.08. The first-order valence-electron chi connectivity index (χ1n) is 14.8. The topological polar surface area (TPSA) is 127 Å². The van der Waals surface area contributed by atoms with Crippen LogP contribution in [0.4, 0.5) is 17.6 Å². The molecule has 0 atom stereocenters. The van der Waals surface area contributed by atoms with Crippen molar-refractivity contribution < 1.29 is 0 Å². The second-order valence-electron chi connectivity index (χ2n) is 10.8. The molecule has 4 aromatic carbocycles. The van der Waals surface area contributed by atoms with Crippen LogP contribution in [-0.4, -0.2) is 30.4 Å². The Morgan fingerprint density at radius 2 is 1.00 bits per heavy atom. The Bertz CT molecular complexity index is 1880. The van der Waals surface area contributed by atoms with Gasteiger partial charge < -0.3 is 16.4 Å². The minimum atomic E-state index is 0.0872. The van der Waals surface area contributed by atoms with Crippen LogP contribution in [0.25, 0.3) is 22.5 Å². The van der Waals surface area contributed by atoms with Gasteiger partial charge in [0.1, 0.15) is 17.2 Å². The first kappa shape index (κ1) is 34.8. The van der Waals surface area contributed by atoms with E-state index in [2.05, 4.69) is 41.0 Å². The summed E-state index contributed by atoms with van der Waals surface area (Å²) in [5, 5.41) is 24.7. The third kappa shape index (κ3) is 8.87. The number of nitrogens with zero attached hydrogens (tertiary/aromatic N) is 6. The molecule has 0 spiro atoms. The highest BCUT2D eigenvalue weighted by molar-refractivity contribution is 6.44. The average molecular weight is 720 g/mol. The molecule has 0 fully saturated rings. The highest BCUT2D eigenvalue weighted by atomic mass is 35.5. The summed E-state index contributed by atoms with van der Waals surface area (Å²) in [6.07, 6.45) is 0. The predicted molar refractivity (Wildman–Crippen MR) is 197 cm³/mol. The molecule has 13 heteroatoms. The molecule has 2 heterocycles. The van der Waals surface area contributed by atoms with Gasteiger partial charge >= 0.3 is 0 Å². The van der Waals surface area contributed by atoms with Crippen LogP contribution in [0, 0.1) is 20.8 Å². The van der Waals surface area contributed by atoms with E-state index in [0.717, 1.165) is 27.8 Å². The first-order chi connectivity index (χ1) is 23.1. The number of halogens is 4. The minimum Gasteiger partial charge on any atom is -0.366 e. The van der Waals surface area contributed by atoms with Crippen LogP contribution in [0.15, 0.2) is 84.9 Å². The van der Waals surface area contributed by atoms with Crippen LogP contribution in [-0.2, 0) is 13.1 Å². The third-order valence-corrected chi connectivity index (χ3v) is 8.56. The second-order valence-corrected chi connectivity index (χ2v) is 12.4. The van der Waals surface area contributed by atoms with E-state index in [-0.39, 0.29) is 5.95 Å². The quantitative estimate of drug-likeness (QED) is 0.141. The zero-order valence-corrected chi connectivity index (χ0v) is 29.3. The smallest absolute Gasteiger partial charge is 0.242 e. The SMILES string of the molecule is Cc1cc(Cl)c(Cl)c(-c2nnc(C)nc2NCc2ccccc2)c1.Cc1cc(Cl)c(Cl)c(-c2nnc(N)nc2NCc2ccccc2)c1. The highest BCUT2D eigenvalue weighted by Gasteiger charge is 2.17. The van der Waals surface area contributed by atoms with E-state index < -0.39 is 0 Å². The summed E-state index contributed by atoms with van der Waals surface area (Å²) in [6, 6.07) is 27.5. The average Bonchev–Trinajstić information content (AvgIpc) is 3.08. The lowest BCUT2D eigenvalue weighted by molar-refractivity contribution is 0.907. The standard InChI is InChI=1S/C18H16Cl2N4.C17H15Cl2N5/c1-11-8-14(16(20)15(19)9-11)17-18(22-12(2)23-24-17)21-10-13-6-4-3-5-7-13;1-10-7-12(14(19)13(18)8-10)15-16(22-17(20)24-23-15)21-9-11-5-3-2-4-6-11/h3-9H,10H2,1-2H3,(H,21,22,23);2-8H,9H2,1H3,(H3,20,21,22,24). The lowest BCUT2D eigenvalue weighted by atomic mass is 10.1. The normalized spacial score (nSPS) is 10.6. The zero-order chi connectivity index (χ0) is 34.2. The van der Waals surface area contributed by atoms with Crippen LogP contribution >= 0.6 is 46.4 Å². The molecular weight excluding hydrogens is 688 g/mol. The summed E-state index contributed by atoms with van der Waals surface area (Å²) in [5.41, 5.74) is 12.4. The molecule has 0 aliphatic carbocycles. The number of anilines is 3. The molecule has 0 bridgehead atoms. The van der Waals surface area contributed by atoms with Crippen LogP contribution in [0.2, 0.25) is 20.1 Å². The molecule has 6 aromatic rings. The van der Waals surface area contributed by atoms with E-state index in [0.29, 0.717) is 67.6 Å². The molecule has 2 aromatic heterocycles. The molecule has 0 radical (unpaired) electrons. The molecule has 6 rings (SSSR count). The van der Waals surface area contributed by atoms with Crippen LogP contribution in [0.5, 0.6) is 0 Å². The van der Waals surface area contributed by atoms with Crippen molar-refractivity contribution in [1.82, 2.24) is 30.4 Å². The van der Waals surface area contributed by atoms with Crippen molar-refractivity contribution in [2.75, 3.05) is 16.4 Å². The van der Waals surface area contributed by atoms with E-state index in [1.54, 1.807) is 13.0 Å². The Morgan fingerprint density at radius 1 is 0.562 bits per heavy atom. The number of nitrogens with one attached hydrogen (secondary N) is 2. The van der Waals surface area contributed by atoms with Crippen molar-refractivity contribution in [2.45, 2.75) is 33.9 Å². The van der Waals surface area contributed by atoms with Crippen molar-refractivity contribution in [3.05, 3.63) is 133 Å². The van der Waals surface area contributed by atoms with E-state index in [1.807, 2.05) is 92.7 Å². The summed E-state index contributed by atoms with van der Waals surface area (Å²) in [5.74, 6) is 1.82. The van der Waals surface area contributed by atoms with Crippen LogP contribution < -0.4 is 16.4 Å². The molecule has 0 aliphatic rings. The summed E-state index contributed by atoms with van der Waals surface area (Å²) in [7, 11) is 0. The van der Waals surface area contributed by atoms with E-state index in [1.165, 1.54) is 0 Å². The monoisotopic (exact) mass is 717 g/mol. The van der Waals surface area contributed by atoms with Gasteiger partial charge in [0.25, 0.3) is 0 Å². The molecular formula is C35H31Cl4N9. The zero-order valence-electron chi connectivity index (χ0n) is 26.3. The number of aromatic nitrogens is 6. The van der Waals surface area contributed by atoms with E-state index in [4.69, 9.17) is 52.1 Å². The number of aryl methyl sites for hydroxylation is 3. The van der Waals surface area contributed by atoms with Crippen molar-refractivity contribution >= 4 is 64.0 Å². The molecule has 48 heavy (non-hydrogen) atoms. The van der Waals surface area contributed by atoms with Gasteiger partial charge in [0.2, 0.25) is 5.95 Å². The van der Waals surface area contributed by atoms with Crippen molar-refractivity contribution in [1.29, 1.82) is 0 Å². The number of hydrogen-bond acceptors (Lipinski definition) is 9. The van der Waals surface area contributed by atoms with Crippen LogP contribution in [0.1, 0.15) is 28.1 Å². The fraction of sp³-hybridized carbons (Fsp3) is 0.143. The number of hydrogen-bond donors (Lipinski definition) is 3. The molecule has 244 valence electrons. The Kier molecular flexibility index (Phi) is 11.6. The number of nitrogens with two attached hydrogens (primary N) is 1. The second kappa shape index (κ2) is 16.0. The van der Waals surface area contributed by atoms with Gasteiger partial charge in [-0.2, -0.15) is 4.98 Å². The van der Waals surface area contributed by atoms with Gasteiger partial charge in [-0.15, -0.1) is 20.4 Å². The van der Waals surface area contributed by atoms with Gasteiger partial charge in [-0.3, -0.25) is 0 Å². The van der Waals surface area contributed by atoms with E-state index >= 15 is 0 Å². The summed E-state index contributed by atoms with van der Waals surface area (Å²) >= 11 is 25.1. The molecule has 0 amide bonds. The fourth-order valence-electron chi connectivity index (χ4n) is 4.71. The van der Waals surface area contributed by atoms with Crippen molar-refractivity contribution in [3.63, 3.8) is 0 Å². The Labute approximate surface area is 298 Å². The van der Waals surface area contributed by atoms with Crippen molar-refractivity contribution in [2.24, 2.45) is 0 Å². The Hall–Kier alpha value is -4.54. The Morgan fingerprint density at radius 3 is 1.48 bits per heavy atom. The largest absolute Gasteiger partial charge is 0.366 e.